The Bertz CT molecular complexity index is 3550. The van der Waals surface area contributed by atoms with Gasteiger partial charge in [0.05, 0.1) is 0 Å². The lowest BCUT2D eigenvalue weighted by atomic mass is 9.81. The van der Waals surface area contributed by atoms with Crippen LogP contribution in [0.1, 0.15) is 25.0 Å². The SMILES string of the molecule is CC1(C)c2ccccc2-c2ccc(-c3ccc(-c4cccc(-c5ccc6oc7cccc(-c8nc(-c9ccccc9)nc(-c9ccc%10ccccc%10c9)n8)c7c6c5)c4)cc3)cc21. The molecule has 0 spiro atoms. The molecule has 0 amide bonds. The van der Waals surface area contributed by atoms with E-state index in [1.165, 1.54) is 44.3 Å². The molecule has 0 aliphatic heterocycles. The van der Waals surface area contributed by atoms with Crippen molar-refractivity contribution in [3.63, 3.8) is 0 Å². The van der Waals surface area contributed by atoms with Crippen molar-refractivity contribution in [1.29, 1.82) is 0 Å². The molecule has 4 nitrogen and oxygen atoms in total. The maximum absolute atomic E-state index is 6.51. The third-order valence-electron chi connectivity index (χ3n) is 12.7. The molecule has 0 atom stereocenters. The summed E-state index contributed by atoms with van der Waals surface area (Å²) in [6.07, 6.45) is 0. The van der Waals surface area contributed by atoms with Crippen molar-refractivity contribution in [2.45, 2.75) is 19.3 Å². The Kier molecular flexibility index (Phi) is 8.16. The second-order valence-electron chi connectivity index (χ2n) is 16.8. The zero-order valence-electron chi connectivity index (χ0n) is 34.3. The molecule has 62 heavy (non-hydrogen) atoms. The largest absolute Gasteiger partial charge is 0.456 e. The minimum Gasteiger partial charge on any atom is -0.456 e. The molecule has 0 bridgehead atoms. The molecule has 0 radical (unpaired) electrons. The predicted octanol–water partition coefficient (Wildman–Crippen LogP) is 15.2. The summed E-state index contributed by atoms with van der Waals surface area (Å²) in [7, 11) is 0. The molecule has 0 N–H and O–H groups in total. The Morgan fingerprint density at radius 2 is 0.903 bits per heavy atom. The van der Waals surface area contributed by atoms with Gasteiger partial charge in [0, 0.05) is 32.9 Å². The van der Waals surface area contributed by atoms with E-state index in [1.54, 1.807) is 0 Å². The first-order chi connectivity index (χ1) is 30.4. The van der Waals surface area contributed by atoms with Crippen LogP contribution < -0.4 is 0 Å². The van der Waals surface area contributed by atoms with Gasteiger partial charge in [0.1, 0.15) is 11.2 Å². The molecule has 1 aliphatic rings. The molecule has 0 saturated heterocycles. The van der Waals surface area contributed by atoms with Gasteiger partial charge in [-0.2, -0.15) is 0 Å². The summed E-state index contributed by atoms with van der Waals surface area (Å²) >= 11 is 0. The maximum Gasteiger partial charge on any atom is 0.164 e. The van der Waals surface area contributed by atoms with Crippen molar-refractivity contribution in [2.24, 2.45) is 0 Å². The normalized spacial score (nSPS) is 12.8. The van der Waals surface area contributed by atoms with Gasteiger partial charge in [-0.1, -0.05) is 178 Å². The van der Waals surface area contributed by atoms with Crippen LogP contribution in [0.5, 0.6) is 0 Å². The Morgan fingerprint density at radius 3 is 1.73 bits per heavy atom. The number of aromatic nitrogens is 3. The number of nitrogens with zero attached hydrogens (tertiary/aromatic N) is 3. The minimum absolute atomic E-state index is 0.0314. The van der Waals surface area contributed by atoms with Crippen molar-refractivity contribution >= 4 is 32.7 Å². The zero-order chi connectivity index (χ0) is 41.4. The van der Waals surface area contributed by atoms with Gasteiger partial charge in [0.2, 0.25) is 0 Å². The van der Waals surface area contributed by atoms with E-state index in [-0.39, 0.29) is 5.41 Å². The van der Waals surface area contributed by atoms with Crippen LogP contribution in [0.3, 0.4) is 0 Å². The van der Waals surface area contributed by atoms with E-state index in [1.807, 2.05) is 42.5 Å². The van der Waals surface area contributed by atoms with Gasteiger partial charge in [-0.05, 0) is 103 Å². The smallest absolute Gasteiger partial charge is 0.164 e. The Labute approximate surface area is 359 Å². The van der Waals surface area contributed by atoms with Gasteiger partial charge in [-0.3, -0.25) is 0 Å². The summed E-state index contributed by atoms with van der Waals surface area (Å²) in [5.74, 6) is 1.84. The van der Waals surface area contributed by atoms with Gasteiger partial charge in [0.25, 0.3) is 0 Å². The summed E-state index contributed by atoms with van der Waals surface area (Å²) in [5, 5.41) is 4.29. The molecule has 2 heterocycles. The summed E-state index contributed by atoms with van der Waals surface area (Å²) < 4.78 is 6.51. The fourth-order valence-electron chi connectivity index (χ4n) is 9.48. The van der Waals surface area contributed by atoms with Crippen LogP contribution in [0.25, 0.3) is 111 Å². The second-order valence-corrected chi connectivity index (χ2v) is 16.8. The average Bonchev–Trinajstić information content (AvgIpc) is 3.82. The number of furan rings is 1. The van der Waals surface area contributed by atoms with E-state index in [0.717, 1.165) is 60.7 Å². The van der Waals surface area contributed by atoms with Crippen molar-refractivity contribution in [2.75, 3.05) is 0 Å². The first-order valence-electron chi connectivity index (χ1n) is 21.2. The summed E-state index contributed by atoms with van der Waals surface area (Å²) in [5.41, 5.74) is 16.8. The van der Waals surface area contributed by atoms with Crippen LogP contribution in [0.4, 0.5) is 0 Å². The third kappa shape index (κ3) is 5.95. The Balaban J connectivity index is 0.911. The highest BCUT2D eigenvalue weighted by Crippen LogP contribution is 2.49. The van der Waals surface area contributed by atoms with Gasteiger partial charge < -0.3 is 4.42 Å². The minimum atomic E-state index is -0.0314. The fourth-order valence-corrected chi connectivity index (χ4v) is 9.48. The highest BCUT2D eigenvalue weighted by atomic mass is 16.3. The molecule has 0 saturated carbocycles. The molecule has 12 rings (SSSR count). The monoisotopic (exact) mass is 793 g/mol. The van der Waals surface area contributed by atoms with Crippen molar-refractivity contribution < 1.29 is 4.42 Å². The van der Waals surface area contributed by atoms with E-state index >= 15 is 0 Å². The van der Waals surface area contributed by atoms with Crippen LogP contribution in [-0.2, 0) is 5.41 Å². The molecule has 4 heteroatoms. The third-order valence-corrected chi connectivity index (χ3v) is 12.7. The van der Waals surface area contributed by atoms with Crippen molar-refractivity contribution in [3.8, 4) is 78.7 Å². The van der Waals surface area contributed by atoms with Gasteiger partial charge in [-0.25, -0.2) is 15.0 Å². The molecule has 292 valence electrons. The predicted molar refractivity (Wildman–Crippen MR) is 255 cm³/mol. The number of hydrogen-bond donors (Lipinski definition) is 0. The molecule has 0 unspecified atom stereocenters. The summed E-state index contributed by atoms with van der Waals surface area (Å²) in [6.45, 7) is 4.67. The lowest BCUT2D eigenvalue weighted by molar-refractivity contribution is 0.660. The number of hydrogen-bond acceptors (Lipinski definition) is 4. The molecule has 9 aromatic carbocycles. The molecule has 11 aromatic rings. The van der Waals surface area contributed by atoms with E-state index in [4.69, 9.17) is 19.4 Å². The summed E-state index contributed by atoms with van der Waals surface area (Å²) in [4.78, 5) is 15.3. The van der Waals surface area contributed by atoms with Crippen molar-refractivity contribution in [1.82, 2.24) is 15.0 Å². The van der Waals surface area contributed by atoms with E-state index < -0.39 is 0 Å². The van der Waals surface area contributed by atoms with E-state index in [2.05, 4.69) is 172 Å². The Hall–Kier alpha value is -7.95. The average molecular weight is 794 g/mol. The molecular weight excluding hydrogens is 755 g/mol. The molecule has 0 fully saturated rings. The molecule has 1 aliphatic carbocycles. The maximum atomic E-state index is 6.51. The van der Waals surface area contributed by atoms with Crippen LogP contribution in [0.2, 0.25) is 0 Å². The highest BCUT2D eigenvalue weighted by Gasteiger charge is 2.35. The summed E-state index contributed by atoms with van der Waals surface area (Å²) in [6, 6.07) is 71.0. The van der Waals surface area contributed by atoms with Gasteiger partial charge in [-0.15, -0.1) is 0 Å². The lowest BCUT2D eigenvalue weighted by Crippen LogP contribution is -2.14. The highest BCUT2D eigenvalue weighted by molar-refractivity contribution is 6.13. The fraction of sp³-hybridized carbons (Fsp3) is 0.0517. The lowest BCUT2D eigenvalue weighted by Gasteiger charge is -2.22. The number of fused-ring (bicyclic) bond motifs is 7. The Morgan fingerprint density at radius 1 is 0.339 bits per heavy atom. The quantitative estimate of drug-likeness (QED) is 0.168. The van der Waals surface area contributed by atoms with Crippen LogP contribution >= 0.6 is 0 Å². The topological polar surface area (TPSA) is 51.8 Å². The molecular formula is C58H39N3O. The van der Waals surface area contributed by atoms with E-state index in [9.17, 15) is 0 Å². The van der Waals surface area contributed by atoms with Gasteiger partial charge >= 0.3 is 0 Å². The number of rotatable bonds is 6. The zero-order valence-corrected chi connectivity index (χ0v) is 34.3. The molecule has 2 aromatic heterocycles. The van der Waals surface area contributed by atoms with Gasteiger partial charge in [0.15, 0.2) is 17.5 Å². The van der Waals surface area contributed by atoms with Crippen LogP contribution in [0.15, 0.2) is 205 Å². The second kappa shape index (κ2) is 14.1. The first-order valence-corrected chi connectivity index (χ1v) is 21.2. The van der Waals surface area contributed by atoms with Crippen LogP contribution in [0, 0.1) is 0 Å². The van der Waals surface area contributed by atoms with Crippen LogP contribution in [-0.4, -0.2) is 15.0 Å². The van der Waals surface area contributed by atoms with E-state index in [0.29, 0.717) is 17.5 Å². The first kappa shape index (κ1) is 35.9. The van der Waals surface area contributed by atoms with Crippen molar-refractivity contribution in [3.05, 3.63) is 211 Å². The number of benzene rings is 9. The standard InChI is InChI=1S/C58H39N3O/c1-58(2)50-20-9-8-18-46(50)47-30-28-44(35-51(47)58)38-24-22-37(23-25-38)41-16-10-17-42(32-41)43-29-31-52-49(34-43)54-48(19-11-21-53(54)62-52)57-60-55(39-13-4-3-5-14-39)59-56(61-57)45-27-26-36-12-6-7-15-40(36)33-45/h3-35H,1-2H3.